The number of benzene rings is 1. The van der Waals surface area contributed by atoms with Crippen molar-refractivity contribution in [1.29, 1.82) is 0 Å². The zero-order chi connectivity index (χ0) is 12.4. The Hall–Kier alpha value is -1.61. The number of amides is 1. The van der Waals surface area contributed by atoms with E-state index in [1.807, 2.05) is 32.2 Å². The quantitative estimate of drug-likeness (QED) is 0.808. The summed E-state index contributed by atoms with van der Waals surface area (Å²) in [6, 6.07) is 8.14. The summed E-state index contributed by atoms with van der Waals surface area (Å²) < 4.78 is 0. The lowest BCUT2D eigenvalue weighted by atomic mass is 9.96. The van der Waals surface area contributed by atoms with Crippen molar-refractivity contribution in [3.05, 3.63) is 42.0 Å². The summed E-state index contributed by atoms with van der Waals surface area (Å²) in [7, 11) is 1.83. The van der Waals surface area contributed by atoms with Crippen LogP contribution in [0.4, 0.5) is 5.69 Å². The molecule has 1 N–H and O–H groups in total. The maximum absolute atomic E-state index is 11.9. The van der Waals surface area contributed by atoms with Gasteiger partial charge in [-0.1, -0.05) is 30.4 Å². The molecule has 1 unspecified atom stereocenters. The van der Waals surface area contributed by atoms with E-state index in [0.29, 0.717) is 6.42 Å². The molecule has 3 nitrogen and oxygen atoms in total. The minimum Gasteiger partial charge on any atom is -0.315 e. The topological polar surface area (TPSA) is 32.3 Å². The van der Waals surface area contributed by atoms with E-state index in [9.17, 15) is 4.79 Å². The molecule has 1 aromatic carbocycles. The van der Waals surface area contributed by atoms with Crippen molar-refractivity contribution in [3.8, 4) is 0 Å². The number of carbonyl (C=O) groups excluding carboxylic acids is 1. The first kappa shape index (κ1) is 11.9. The third-order valence-electron chi connectivity index (χ3n) is 3.08. The number of carbonyl (C=O) groups is 1. The number of hydrogen-bond donors (Lipinski definition) is 1. The highest BCUT2D eigenvalue weighted by Gasteiger charge is 2.28. The molecule has 0 saturated carbocycles. The largest absolute Gasteiger partial charge is 0.315 e. The van der Waals surface area contributed by atoms with Gasteiger partial charge < -0.3 is 10.2 Å². The molecule has 0 aromatic heterocycles. The van der Waals surface area contributed by atoms with E-state index in [1.165, 1.54) is 5.56 Å². The van der Waals surface area contributed by atoms with E-state index in [2.05, 4.69) is 18.0 Å². The van der Waals surface area contributed by atoms with Crippen LogP contribution >= 0.6 is 0 Å². The van der Waals surface area contributed by atoms with Gasteiger partial charge in [0.05, 0.1) is 0 Å². The molecule has 0 spiro atoms. The summed E-state index contributed by atoms with van der Waals surface area (Å²) in [4.78, 5) is 13.6. The summed E-state index contributed by atoms with van der Waals surface area (Å²) in [6.45, 7) is 6.60. The van der Waals surface area contributed by atoms with Crippen molar-refractivity contribution >= 4 is 11.6 Å². The Morgan fingerprint density at radius 3 is 2.94 bits per heavy atom. The van der Waals surface area contributed by atoms with Crippen LogP contribution in [0.1, 0.15) is 24.9 Å². The molecule has 1 heterocycles. The summed E-state index contributed by atoms with van der Waals surface area (Å²) in [6.07, 6.45) is 0.515. The second kappa shape index (κ2) is 4.72. The average molecular weight is 230 g/mol. The zero-order valence-electron chi connectivity index (χ0n) is 10.4. The van der Waals surface area contributed by atoms with Crippen molar-refractivity contribution in [3.63, 3.8) is 0 Å². The number of nitrogens with zero attached hydrogens (tertiary/aromatic N) is 1. The van der Waals surface area contributed by atoms with E-state index in [1.54, 1.807) is 4.90 Å². The molecule has 2 rings (SSSR count). The Labute approximate surface area is 102 Å². The van der Waals surface area contributed by atoms with E-state index < -0.39 is 0 Å². The first-order chi connectivity index (χ1) is 8.09. The maximum Gasteiger partial charge on any atom is 0.228 e. The standard InChI is InChI=1S/C14H18N2O/c1-10(2)9-15-12-8-14(17)16(3)13-7-5-4-6-11(12)13/h4-7,12,15H,1,8-9H2,2-3H3. The van der Waals surface area contributed by atoms with Gasteiger partial charge in [0.15, 0.2) is 0 Å². The second-order valence-electron chi connectivity index (χ2n) is 4.61. The Morgan fingerprint density at radius 1 is 1.53 bits per heavy atom. The molecule has 0 saturated heterocycles. The molecular formula is C14H18N2O. The minimum atomic E-state index is 0.103. The highest BCUT2D eigenvalue weighted by atomic mass is 16.2. The van der Waals surface area contributed by atoms with Crippen LogP contribution in [0.25, 0.3) is 0 Å². The number of anilines is 1. The molecule has 0 radical (unpaired) electrons. The van der Waals surface area contributed by atoms with Gasteiger partial charge in [0.25, 0.3) is 0 Å². The molecule has 1 amide bonds. The predicted octanol–water partition coefficient (Wildman–Crippen LogP) is 2.26. The molecule has 0 aliphatic carbocycles. The first-order valence-electron chi connectivity index (χ1n) is 5.83. The lowest BCUT2D eigenvalue weighted by molar-refractivity contribution is -0.119. The fourth-order valence-corrected chi connectivity index (χ4v) is 2.12. The van der Waals surface area contributed by atoms with Crippen molar-refractivity contribution in [2.75, 3.05) is 18.5 Å². The fraction of sp³-hybridized carbons (Fsp3) is 0.357. The Balaban J connectivity index is 2.27. The molecule has 1 aliphatic heterocycles. The normalized spacial score (nSPS) is 19.1. The summed E-state index contributed by atoms with van der Waals surface area (Å²) in [5.41, 5.74) is 3.27. The van der Waals surface area contributed by atoms with Crippen LogP contribution in [0.15, 0.2) is 36.4 Å². The first-order valence-corrected chi connectivity index (χ1v) is 5.83. The molecule has 0 bridgehead atoms. The predicted molar refractivity (Wildman–Crippen MR) is 70.0 cm³/mol. The summed E-state index contributed by atoms with van der Waals surface area (Å²) in [5.74, 6) is 0.155. The van der Waals surface area contributed by atoms with Crippen molar-refractivity contribution in [1.82, 2.24) is 5.32 Å². The number of nitrogens with one attached hydrogen (secondary N) is 1. The van der Waals surface area contributed by atoms with Crippen molar-refractivity contribution < 1.29 is 4.79 Å². The lowest BCUT2D eigenvalue weighted by Crippen LogP contribution is -2.38. The second-order valence-corrected chi connectivity index (χ2v) is 4.61. The van der Waals surface area contributed by atoms with Crippen LogP contribution < -0.4 is 10.2 Å². The average Bonchev–Trinajstić information content (AvgIpc) is 2.32. The van der Waals surface area contributed by atoms with Crippen LogP contribution in [0, 0.1) is 0 Å². The van der Waals surface area contributed by atoms with Crippen LogP contribution in [0.5, 0.6) is 0 Å². The van der Waals surface area contributed by atoms with E-state index >= 15 is 0 Å². The maximum atomic E-state index is 11.9. The molecule has 1 aromatic rings. The van der Waals surface area contributed by atoms with Crippen LogP contribution in [0.3, 0.4) is 0 Å². The fourth-order valence-electron chi connectivity index (χ4n) is 2.12. The highest BCUT2D eigenvalue weighted by molar-refractivity contribution is 5.96. The number of rotatable bonds is 3. The third-order valence-corrected chi connectivity index (χ3v) is 3.08. The number of hydrogen-bond acceptors (Lipinski definition) is 2. The Morgan fingerprint density at radius 2 is 2.24 bits per heavy atom. The van der Waals surface area contributed by atoms with Gasteiger partial charge in [0.1, 0.15) is 0 Å². The smallest absolute Gasteiger partial charge is 0.228 e. The Kier molecular flexibility index (Phi) is 3.29. The Bertz CT molecular complexity index is 453. The van der Waals surface area contributed by atoms with E-state index in [0.717, 1.165) is 17.8 Å². The van der Waals surface area contributed by atoms with E-state index in [-0.39, 0.29) is 11.9 Å². The van der Waals surface area contributed by atoms with Gasteiger partial charge in [-0.3, -0.25) is 4.79 Å². The van der Waals surface area contributed by atoms with Crippen LogP contribution in [-0.4, -0.2) is 19.5 Å². The van der Waals surface area contributed by atoms with Crippen LogP contribution in [-0.2, 0) is 4.79 Å². The van der Waals surface area contributed by atoms with Gasteiger partial charge in [0.2, 0.25) is 5.91 Å². The van der Waals surface area contributed by atoms with Gasteiger partial charge in [-0.15, -0.1) is 0 Å². The molecule has 0 fully saturated rings. The zero-order valence-corrected chi connectivity index (χ0v) is 10.4. The van der Waals surface area contributed by atoms with Crippen molar-refractivity contribution in [2.45, 2.75) is 19.4 Å². The van der Waals surface area contributed by atoms with Crippen molar-refractivity contribution in [2.24, 2.45) is 0 Å². The molecule has 90 valence electrons. The molecular weight excluding hydrogens is 212 g/mol. The number of para-hydroxylation sites is 1. The SMILES string of the molecule is C=C(C)CNC1CC(=O)N(C)c2ccccc21. The summed E-state index contributed by atoms with van der Waals surface area (Å²) >= 11 is 0. The molecule has 17 heavy (non-hydrogen) atoms. The monoisotopic (exact) mass is 230 g/mol. The molecule has 3 heteroatoms. The number of fused-ring (bicyclic) bond motifs is 1. The van der Waals surface area contributed by atoms with Gasteiger partial charge in [-0.05, 0) is 18.6 Å². The van der Waals surface area contributed by atoms with Gasteiger partial charge in [0, 0.05) is 31.7 Å². The van der Waals surface area contributed by atoms with Crippen LogP contribution in [0.2, 0.25) is 0 Å². The third kappa shape index (κ3) is 2.39. The lowest BCUT2D eigenvalue weighted by Gasteiger charge is -2.32. The van der Waals surface area contributed by atoms with Gasteiger partial charge >= 0.3 is 0 Å². The minimum absolute atomic E-state index is 0.103. The van der Waals surface area contributed by atoms with Gasteiger partial charge in [-0.25, -0.2) is 0 Å². The highest BCUT2D eigenvalue weighted by Crippen LogP contribution is 2.33. The molecule has 1 atom stereocenters. The summed E-state index contributed by atoms with van der Waals surface area (Å²) in [5, 5.41) is 3.38. The van der Waals surface area contributed by atoms with Gasteiger partial charge in [-0.2, -0.15) is 0 Å². The molecule has 1 aliphatic rings. The van der Waals surface area contributed by atoms with E-state index in [4.69, 9.17) is 0 Å².